The van der Waals surface area contributed by atoms with Crippen molar-refractivity contribution in [3.8, 4) is 0 Å². The predicted molar refractivity (Wildman–Crippen MR) is 111 cm³/mol. The van der Waals surface area contributed by atoms with Crippen molar-refractivity contribution in [1.82, 2.24) is 0 Å². The summed E-state index contributed by atoms with van der Waals surface area (Å²) in [5.41, 5.74) is 0.736. The molecule has 3 aromatic carbocycles. The Morgan fingerprint density at radius 2 is 0.966 bits per heavy atom. The molecule has 0 saturated heterocycles. The molecule has 0 radical (unpaired) electrons. The van der Waals surface area contributed by atoms with Gasteiger partial charge in [0.25, 0.3) is 0 Å². The zero-order valence-corrected chi connectivity index (χ0v) is 16.8. The number of hydrogen-bond donors (Lipinski definition) is 2. The lowest BCUT2D eigenvalue weighted by Crippen LogP contribution is -2.41. The number of carbonyl (C=O) groups is 1. The highest BCUT2D eigenvalue weighted by Crippen LogP contribution is 2.40. The normalized spacial score (nSPS) is 11.2. The van der Waals surface area contributed by atoms with Crippen LogP contribution in [0.1, 0.15) is 37.5 Å². The Kier molecular flexibility index (Phi) is 7.67. The summed E-state index contributed by atoms with van der Waals surface area (Å²) in [7, 11) is 0. The van der Waals surface area contributed by atoms with Gasteiger partial charge in [-0.25, -0.2) is 4.79 Å². The second-order valence-corrected chi connectivity index (χ2v) is 7.41. The van der Waals surface area contributed by atoms with E-state index >= 15 is 0 Å². The summed E-state index contributed by atoms with van der Waals surface area (Å²) < 4.78 is 0. The summed E-state index contributed by atoms with van der Waals surface area (Å²) in [6, 6.07) is 29.0. The van der Waals surface area contributed by atoms with Gasteiger partial charge in [-0.1, -0.05) is 91.0 Å². The van der Waals surface area contributed by atoms with Crippen LogP contribution in [0.2, 0.25) is 0 Å². The Bertz CT molecular complexity index is 775. The molecule has 0 aliphatic heterocycles. The minimum atomic E-state index is -1.13. The molecule has 0 atom stereocenters. The lowest BCUT2D eigenvalue weighted by atomic mass is 9.69. The average molecular weight is 394 g/mol. The van der Waals surface area contributed by atoms with Crippen molar-refractivity contribution in [2.75, 3.05) is 0 Å². The molecule has 3 rings (SSSR count). The highest BCUT2D eigenvalue weighted by molar-refractivity contribution is 5.92. The van der Waals surface area contributed by atoms with Crippen molar-refractivity contribution >= 4 is 5.97 Å². The maximum atomic E-state index is 13.6. The first kappa shape index (κ1) is 22.3. The molecule has 152 valence electrons. The quantitative estimate of drug-likeness (QED) is 0.348. The van der Waals surface area contributed by atoms with E-state index in [4.69, 9.17) is 20.3 Å². The first-order valence-corrected chi connectivity index (χ1v) is 9.21. The summed E-state index contributed by atoms with van der Waals surface area (Å²) in [6.07, 6.45) is 0. The minimum Gasteiger partial charge on any atom is -0.296 e. The number of rotatable bonds is 5. The molecule has 2 N–H and O–H groups in total. The van der Waals surface area contributed by atoms with Crippen molar-refractivity contribution in [2.45, 2.75) is 31.8 Å². The van der Waals surface area contributed by atoms with E-state index in [-0.39, 0.29) is 0 Å². The van der Waals surface area contributed by atoms with Gasteiger partial charge in [-0.3, -0.25) is 15.4 Å². The van der Waals surface area contributed by atoms with E-state index in [0.717, 1.165) is 16.7 Å². The highest BCUT2D eigenvalue weighted by Gasteiger charge is 2.46. The number of hydrogen-bond acceptors (Lipinski definition) is 5. The second-order valence-electron chi connectivity index (χ2n) is 7.41. The van der Waals surface area contributed by atoms with Gasteiger partial charge in [0.05, 0.1) is 0 Å². The topological polar surface area (TPSA) is 76.0 Å². The zero-order valence-electron chi connectivity index (χ0n) is 16.8. The maximum Gasteiger partial charge on any atom is 0.361 e. The molecule has 3 aromatic rings. The third-order valence-corrected chi connectivity index (χ3v) is 4.29. The standard InChI is InChI=1S/C24H24O3.H2O2/c1-23(2,3)27-26-22(25)24(19-13-7-4-8-14-19,20-15-9-5-10-16-20)21-17-11-6-12-18-21;1-2/h4-18H,1-3H3;1-2H. The summed E-state index contributed by atoms with van der Waals surface area (Å²) >= 11 is 0. The van der Waals surface area contributed by atoms with Gasteiger partial charge in [-0.05, 0) is 37.5 Å². The van der Waals surface area contributed by atoms with E-state index in [1.54, 1.807) is 0 Å². The van der Waals surface area contributed by atoms with E-state index < -0.39 is 17.0 Å². The van der Waals surface area contributed by atoms with Gasteiger partial charge in [-0.2, -0.15) is 4.89 Å². The van der Waals surface area contributed by atoms with Gasteiger partial charge in [-0.15, -0.1) is 0 Å². The van der Waals surface area contributed by atoms with E-state index in [9.17, 15) is 4.79 Å². The molecule has 0 aliphatic rings. The fourth-order valence-corrected chi connectivity index (χ4v) is 3.14. The summed E-state index contributed by atoms with van der Waals surface area (Å²) in [4.78, 5) is 24.4. The van der Waals surface area contributed by atoms with E-state index in [1.165, 1.54) is 0 Å². The predicted octanol–water partition coefficient (Wildman–Crippen LogP) is 5.31. The molecule has 5 heteroatoms. The molecule has 0 unspecified atom stereocenters. The molecule has 0 aromatic heterocycles. The van der Waals surface area contributed by atoms with Crippen molar-refractivity contribution in [3.63, 3.8) is 0 Å². The molecule has 0 heterocycles. The fraction of sp³-hybridized carbons (Fsp3) is 0.208. The third-order valence-electron chi connectivity index (χ3n) is 4.29. The van der Waals surface area contributed by atoms with Gasteiger partial charge in [0.15, 0.2) is 0 Å². The molecule has 5 nitrogen and oxygen atoms in total. The van der Waals surface area contributed by atoms with Crippen LogP contribution >= 0.6 is 0 Å². The summed E-state index contributed by atoms with van der Waals surface area (Å²) in [5.74, 6) is -0.471. The highest BCUT2D eigenvalue weighted by atomic mass is 17.2. The van der Waals surface area contributed by atoms with E-state index in [0.29, 0.717) is 0 Å². The Balaban J connectivity index is 0.00000145. The van der Waals surface area contributed by atoms with Gasteiger partial charge in [0.2, 0.25) is 0 Å². The molecule has 0 fully saturated rings. The molecule has 0 saturated carbocycles. The first-order chi connectivity index (χ1) is 13.9. The van der Waals surface area contributed by atoms with Gasteiger partial charge >= 0.3 is 5.97 Å². The monoisotopic (exact) mass is 394 g/mol. The van der Waals surface area contributed by atoms with Crippen molar-refractivity contribution in [2.24, 2.45) is 0 Å². The SMILES string of the molecule is CC(C)(C)OOC(=O)C(c1ccccc1)(c1ccccc1)c1ccccc1.OO. The molecule has 0 spiro atoms. The first-order valence-electron chi connectivity index (χ1n) is 9.21. The minimum absolute atomic E-state index is 0.471. The Morgan fingerprint density at radius 1 is 0.655 bits per heavy atom. The van der Waals surface area contributed by atoms with Crippen LogP contribution in [0, 0.1) is 0 Å². The Labute approximate surface area is 171 Å². The number of benzene rings is 3. The molecule has 0 aliphatic carbocycles. The van der Waals surface area contributed by atoms with Crippen LogP contribution in [0.3, 0.4) is 0 Å². The van der Waals surface area contributed by atoms with Gasteiger partial charge in [0.1, 0.15) is 11.0 Å². The second kappa shape index (κ2) is 9.98. The Morgan fingerprint density at radius 3 is 1.24 bits per heavy atom. The van der Waals surface area contributed by atoms with Crippen LogP contribution in [-0.2, 0) is 20.0 Å². The van der Waals surface area contributed by atoms with Crippen molar-refractivity contribution in [3.05, 3.63) is 108 Å². The summed E-state index contributed by atoms with van der Waals surface area (Å²) in [6.45, 7) is 5.53. The van der Waals surface area contributed by atoms with Crippen molar-refractivity contribution < 1.29 is 25.1 Å². The number of carbonyl (C=O) groups excluding carboxylic acids is 1. The lowest BCUT2D eigenvalue weighted by Gasteiger charge is -2.33. The van der Waals surface area contributed by atoms with Gasteiger partial charge < -0.3 is 0 Å². The fourth-order valence-electron chi connectivity index (χ4n) is 3.14. The van der Waals surface area contributed by atoms with Crippen LogP contribution in [0.25, 0.3) is 0 Å². The summed E-state index contributed by atoms with van der Waals surface area (Å²) in [5, 5.41) is 12.0. The molecule has 0 bridgehead atoms. The zero-order chi connectivity index (χ0) is 21.3. The maximum absolute atomic E-state index is 13.6. The van der Waals surface area contributed by atoms with E-state index in [1.807, 2.05) is 112 Å². The van der Waals surface area contributed by atoms with E-state index in [2.05, 4.69) is 0 Å². The lowest BCUT2D eigenvalue weighted by molar-refractivity contribution is -0.322. The third kappa shape index (κ3) is 5.09. The van der Waals surface area contributed by atoms with Crippen LogP contribution in [0.15, 0.2) is 91.0 Å². The van der Waals surface area contributed by atoms with Crippen LogP contribution in [0.5, 0.6) is 0 Å². The van der Waals surface area contributed by atoms with Gasteiger partial charge in [0, 0.05) is 0 Å². The van der Waals surface area contributed by atoms with Crippen LogP contribution in [0.4, 0.5) is 0 Å². The molecular formula is C24H26O5. The molecule has 29 heavy (non-hydrogen) atoms. The molecular weight excluding hydrogens is 368 g/mol. The van der Waals surface area contributed by atoms with Crippen molar-refractivity contribution in [1.29, 1.82) is 0 Å². The largest absolute Gasteiger partial charge is 0.361 e. The smallest absolute Gasteiger partial charge is 0.296 e. The Hall–Kier alpha value is -2.99. The average Bonchev–Trinajstić information content (AvgIpc) is 2.76. The van der Waals surface area contributed by atoms with Crippen LogP contribution in [-0.4, -0.2) is 22.1 Å². The molecule has 0 amide bonds. The van der Waals surface area contributed by atoms with Crippen LogP contribution < -0.4 is 0 Å².